The molecule has 1 aliphatic heterocycles. The van der Waals surface area contributed by atoms with E-state index in [1.807, 2.05) is 6.07 Å². The summed E-state index contributed by atoms with van der Waals surface area (Å²) in [6.07, 6.45) is 1.19. The molecule has 0 aliphatic carbocycles. The summed E-state index contributed by atoms with van der Waals surface area (Å²) in [5, 5.41) is 0. The van der Waals surface area contributed by atoms with Crippen LogP contribution in [-0.4, -0.2) is 45.8 Å². The van der Waals surface area contributed by atoms with Gasteiger partial charge >= 0.3 is 0 Å². The fraction of sp³-hybridized carbons (Fsp3) is 0.625. The van der Waals surface area contributed by atoms with Crippen molar-refractivity contribution < 1.29 is 17.5 Å². The van der Waals surface area contributed by atoms with Crippen molar-refractivity contribution in [2.75, 3.05) is 26.5 Å². The number of benzene rings is 1. The maximum absolute atomic E-state index is 13.8. The number of likely N-dealkylation sites (tertiary alicyclic amines) is 1. The molecule has 1 saturated heterocycles. The Labute approximate surface area is 137 Å². The lowest BCUT2D eigenvalue weighted by molar-refractivity contribution is 0.295. The molecule has 2 atom stereocenters. The summed E-state index contributed by atoms with van der Waals surface area (Å²) < 4.78 is 44.5. The number of nitrogens with one attached hydrogen (secondary N) is 1. The van der Waals surface area contributed by atoms with Crippen LogP contribution in [0.4, 0.5) is 4.39 Å². The first-order valence-electron chi connectivity index (χ1n) is 7.71. The molecule has 0 radical (unpaired) electrons. The van der Waals surface area contributed by atoms with E-state index in [2.05, 4.69) is 23.5 Å². The zero-order valence-corrected chi connectivity index (χ0v) is 14.9. The summed E-state index contributed by atoms with van der Waals surface area (Å²) in [6, 6.07) is 4.82. The Bertz CT molecular complexity index is 649. The highest BCUT2D eigenvalue weighted by Gasteiger charge is 2.36. The quantitative estimate of drug-likeness (QED) is 0.855. The Morgan fingerprint density at radius 3 is 2.61 bits per heavy atom. The molecule has 1 N–H and O–H groups in total. The van der Waals surface area contributed by atoms with Gasteiger partial charge in [-0.3, -0.25) is 4.90 Å². The molecule has 23 heavy (non-hydrogen) atoms. The van der Waals surface area contributed by atoms with Gasteiger partial charge in [-0.15, -0.1) is 0 Å². The lowest BCUT2D eigenvalue weighted by atomic mass is 9.92. The summed E-state index contributed by atoms with van der Waals surface area (Å²) in [4.78, 5) is 2.16. The second kappa shape index (κ2) is 7.15. The van der Waals surface area contributed by atoms with Gasteiger partial charge in [-0.25, -0.2) is 17.5 Å². The zero-order chi connectivity index (χ0) is 17.2. The van der Waals surface area contributed by atoms with Crippen molar-refractivity contribution in [3.63, 3.8) is 0 Å². The Morgan fingerprint density at radius 2 is 2.09 bits per heavy atom. The molecule has 1 aromatic carbocycles. The van der Waals surface area contributed by atoms with Crippen LogP contribution in [0.25, 0.3) is 0 Å². The molecule has 0 unspecified atom stereocenters. The third kappa shape index (κ3) is 4.89. The summed E-state index contributed by atoms with van der Waals surface area (Å²) in [6.45, 7) is 6.20. The van der Waals surface area contributed by atoms with Crippen LogP contribution in [0.1, 0.15) is 19.4 Å². The lowest BCUT2D eigenvalue weighted by Gasteiger charge is -2.21. The van der Waals surface area contributed by atoms with Crippen molar-refractivity contribution in [2.45, 2.75) is 26.4 Å². The van der Waals surface area contributed by atoms with E-state index in [1.165, 1.54) is 19.4 Å². The van der Waals surface area contributed by atoms with Gasteiger partial charge in [0.05, 0.1) is 13.4 Å². The van der Waals surface area contributed by atoms with E-state index in [4.69, 9.17) is 4.74 Å². The second-order valence-electron chi connectivity index (χ2n) is 6.57. The summed E-state index contributed by atoms with van der Waals surface area (Å²) in [5.41, 5.74) is 0.853. The molecule has 1 aromatic rings. The van der Waals surface area contributed by atoms with Crippen molar-refractivity contribution in [3.8, 4) is 5.75 Å². The minimum Gasteiger partial charge on any atom is -0.494 e. The second-order valence-corrected chi connectivity index (χ2v) is 8.35. The van der Waals surface area contributed by atoms with Gasteiger partial charge in [-0.05, 0) is 29.5 Å². The van der Waals surface area contributed by atoms with Gasteiger partial charge in [-0.2, -0.15) is 0 Å². The van der Waals surface area contributed by atoms with Crippen LogP contribution in [0.15, 0.2) is 18.2 Å². The van der Waals surface area contributed by atoms with Crippen LogP contribution >= 0.6 is 0 Å². The van der Waals surface area contributed by atoms with Crippen LogP contribution < -0.4 is 9.46 Å². The smallest absolute Gasteiger partial charge is 0.209 e. The summed E-state index contributed by atoms with van der Waals surface area (Å²) >= 11 is 0. The predicted molar refractivity (Wildman–Crippen MR) is 88.3 cm³/mol. The van der Waals surface area contributed by atoms with E-state index < -0.39 is 10.0 Å². The van der Waals surface area contributed by atoms with Crippen molar-refractivity contribution in [1.29, 1.82) is 0 Å². The molecule has 5 nitrogen and oxygen atoms in total. The van der Waals surface area contributed by atoms with Crippen LogP contribution in [0.3, 0.4) is 0 Å². The summed E-state index contributed by atoms with van der Waals surface area (Å²) in [5.74, 6) is 0.460. The van der Waals surface area contributed by atoms with Crippen LogP contribution in [-0.2, 0) is 16.6 Å². The molecule has 0 aromatic heterocycles. The largest absolute Gasteiger partial charge is 0.494 e. The summed E-state index contributed by atoms with van der Waals surface area (Å²) in [7, 11) is -1.80. The monoisotopic (exact) mass is 344 g/mol. The van der Waals surface area contributed by atoms with E-state index in [9.17, 15) is 12.8 Å². The van der Waals surface area contributed by atoms with Gasteiger partial charge < -0.3 is 4.74 Å². The van der Waals surface area contributed by atoms with E-state index in [0.717, 1.165) is 12.1 Å². The number of hydrogen-bond donors (Lipinski definition) is 1. The number of nitrogens with zero attached hydrogens (tertiary/aromatic N) is 1. The number of rotatable bonds is 6. The molecule has 0 amide bonds. The molecular formula is C16H25FN2O3S. The molecule has 7 heteroatoms. The van der Waals surface area contributed by atoms with Crippen LogP contribution in [0.5, 0.6) is 5.75 Å². The van der Waals surface area contributed by atoms with Gasteiger partial charge in [0, 0.05) is 25.7 Å². The Balaban J connectivity index is 2.08. The molecule has 1 heterocycles. The molecule has 130 valence electrons. The first-order chi connectivity index (χ1) is 10.7. The average Bonchev–Trinajstić information content (AvgIpc) is 2.79. The average molecular weight is 344 g/mol. The van der Waals surface area contributed by atoms with Gasteiger partial charge in [0.1, 0.15) is 0 Å². The normalized spacial score (nSPS) is 22.7. The Hall–Kier alpha value is -1.18. The van der Waals surface area contributed by atoms with Gasteiger partial charge in [-0.1, -0.05) is 19.9 Å². The molecule has 0 spiro atoms. The predicted octanol–water partition coefficient (Wildman–Crippen LogP) is 1.84. The van der Waals surface area contributed by atoms with Crippen molar-refractivity contribution >= 4 is 10.0 Å². The van der Waals surface area contributed by atoms with Gasteiger partial charge in [0.15, 0.2) is 11.6 Å². The molecule has 0 saturated carbocycles. The van der Waals surface area contributed by atoms with Crippen molar-refractivity contribution in [3.05, 3.63) is 29.6 Å². The van der Waals surface area contributed by atoms with E-state index in [-0.39, 0.29) is 23.5 Å². The number of hydrogen-bond acceptors (Lipinski definition) is 4. The van der Waals surface area contributed by atoms with Crippen molar-refractivity contribution in [2.24, 2.45) is 11.8 Å². The van der Waals surface area contributed by atoms with E-state index in [0.29, 0.717) is 19.0 Å². The Morgan fingerprint density at radius 1 is 1.39 bits per heavy atom. The SMILES string of the molecule is COc1ccc(CN2C[C@H](NS(C)(=O)=O)[C@@H](C(C)C)C2)cc1F. The minimum atomic E-state index is -3.24. The molecule has 1 aliphatic rings. The highest BCUT2D eigenvalue weighted by molar-refractivity contribution is 7.88. The van der Waals surface area contributed by atoms with Crippen LogP contribution in [0, 0.1) is 17.7 Å². The Kier molecular flexibility index (Phi) is 5.65. The van der Waals surface area contributed by atoms with Gasteiger partial charge in [0.25, 0.3) is 0 Å². The molecular weight excluding hydrogens is 319 g/mol. The number of sulfonamides is 1. The zero-order valence-electron chi connectivity index (χ0n) is 14.0. The number of methoxy groups -OCH3 is 1. The van der Waals surface area contributed by atoms with E-state index in [1.54, 1.807) is 6.07 Å². The standard InChI is InChI=1S/C16H25FN2O3S/c1-11(2)13-9-19(10-15(13)18-23(4,20)21)8-12-5-6-16(22-3)14(17)7-12/h5-7,11,13,15,18H,8-10H2,1-4H3/t13-,15+/m1/s1. The molecule has 0 bridgehead atoms. The lowest BCUT2D eigenvalue weighted by Crippen LogP contribution is -2.41. The first-order valence-corrected chi connectivity index (χ1v) is 9.61. The maximum Gasteiger partial charge on any atom is 0.209 e. The number of halogens is 1. The topological polar surface area (TPSA) is 58.6 Å². The molecule has 1 fully saturated rings. The third-order valence-electron chi connectivity index (χ3n) is 4.28. The fourth-order valence-corrected chi connectivity index (χ4v) is 3.98. The molecule has 2 rings (SSSR count). The highest BCUT2D eigenvalue weighted by atomic mass is 32.2. The maximum atomic E-state index is 13.8. The van der Waals surface area contributed by atoms with Crippen LogP contribution in [0.2, 0.25) is 0 Å². The number of ether oxygens (including phenoxy) is 1. The third-order valence-corrected chi connectivity index (χ3v) is 5.02. The fourth-order valence-electron chi connectivity index (χ4n) is 3.18. The van der Waals surface area contributed by atoms with Crippen molar-refractivity contribution in [1.82, 2.24) is 9.62 Å². The minimum absolute atomic E-state index is 0.104. The first kappa shape index (κ1) is 18.2. The highest BCUT2D eigenvalue weighted by Crippen LogP contribution is 2.27. The van der Waals surface area contributed by atoms with E-state index >= 15 is 0 Å². The van der Waals surface area contributed by atoms with Gasteiger partial charge in [0.2, 0.25) is 10.0 Å².